The maximum Gasteiger partial charge on any atom is 0.200 e. The Morgan fingerprint density at radius 3 is 2.39 bits per heavy atom. The van der Waals surface area contributed by atoms with Gasteiger partial charge in [-0.2, -0.15) is 10.2 Å². The van der Waals surface area contributed by atoms with Gasteiger partial charge in [0.15, 0.2) is 11.6 Å². The van der Waals surface area contributed by atoms with Crippen molar-refractivity contribution in [1.82, 2.24) is 0 Å². The van der Waals surface area contributed by atoms with Crippen LogP contribution in [0.4, 0.5) is 0 Å². The summed E-state index contributed by atoms with van der Waals surface area (Å²) in [4.78, 5) is 14.0. The molecule has 150 valence electrons. The number of hydrogen-bond acceptors (Lipinski definition) is 4. The number of azo groups is 1. The van der Waals surface area contributed by atoms with Crippen LogP contribution in [0.1, 0.15) is 33.5 Å². The molecule has 0 bridgehead atoms. The fraction of sp³-hybridized carbons (Fsp3) is 0.148. The van der Waals surface area contributed by atoms with Crippen LogP contribution in [0, 0.1) is 0 Å². The maximum absolute atomic E-state index is 14.0. The van der Waals surface area contributed by atoms with E-state index in [9.17, 15) is 4.79 Å². The van der Waals surface area contributed by atoms with Gasteiger partial charge >= 0.3 is 0 Å². The summed E-state index contributed by atoms with van der Waals surface area (Å²) in [6.45, 7) is 0.457. The van der Waals surface area contributed by atoms with Crippen LogP contribution in [-0.2, 0) is 0 Å². The molecular formula is C27H20N2O2. The van der Waals surface area contributed by atoms with Crippen LogP contribution in [0.2, 0.25) is 0 Å². The molecule has 0 saturated carbocycles. The van der Waals surface area contributed by atoms with Gasteiger partial charge in [-0.3, -0.25) is 4.79 Å². The summed E-state index contributed by atoms with van der Waals surface area (Å²) >= 11 is 0. The molecule has 0 amide bonds. The van der Waals surface area contributed by atoms with E-state index in [1.165, 1.54) is 5.39 Å². The first-order chi connectivity index (χ1) is 15.3. The predicted molar refractivity (Wildman–Crippen MR) is 120 cm³/mol. The number of Topliss-reactive ketones (excluding diaryl/α,β-unsaturated/α-hetero) is 1. The number of ketones is 1. The lowest BCUT2D eigenvalue weighted by Crippen LogP contribution is -2.51. The Bertz CT molecular complexity index is 1330. The van der Waals surface area contributed by atoms with E-state index < -0.39 is 11.6 Å². The Kier molecular flexibility index (Phi) is 4.00. The van der Waals surface area contributed by atoms with Gasteiger partial charge in [-0.05, 0) is 34.0 Å². The molecule has 0 saturated heterocycles. The van der Waals surface area contributed by atoms with Gasteiger partial charge < -0.3 is 4.74 Å². The summed E-state index contributed by atoms with van der Waals surface area (Å²) in [5.74, 6) is 0.372. The summed E-state index contributed by atoms with van der Waals surface area (Å²) in [7, 11) is 0. The van der Waals surface area contributed by atoms with Crippen LogP contribution in [-0.4, -0.2) is 17.9 Å². The van der Waals surface area contributed by atoms with Crippen molar-refractivity contribution in [3.63, 3.8) is 0 Å². The highest BCUT2D eigenvalue weighted by molar-refractivity contribution is 6.08. The minimum Gasteiger partial charge on any atom is -0.482 e. The van der Waals surface area contributed by atoms with E-state index in [1.54, 1.807) is 0 Å². The summed E-state index contributed by atoms with van der Waals surface area (Å²) in [5, 5.41) is 11.4. The van der Waals surface area contributed by atoms with Gasteiger partial charge in [0, 0.05) is 5.92 Å². The van der Waals surface area contributed by atoms with Crippen molar-refractivity contribution in [2.75, 3.05) is 6.54 Å². The lowest BCUT2D eigenvalue weighted by atomic mass is 9.69. The Labute approximate surface area is 180 Å². The van der Waals surface area contributed by atoms with Crippen molar-refractivity contribution in [2.45, 2.75) is 17.6 Å². The highest BCUT2D eigenvalue weighted by Crippen LogP contribution is 2.53. The summed E-state index contributed by atoms with van der Waals surface area (Å²) in [6, 6.07) is 32.0. The monoisotopic (exact) mass is 404 g/mol. The van der Waals surface area contributed by atoms with Gasteiger partial charge in [0.25, 0.3) is 0 Å². The molecule has 1 spiro atoms. The number of ether oxygens (including phenoxy) is 1. The number of benzene rings is 4. The molecule has 2 heterocycles. The van der Waals surface area contributed by atoms with E-state index in [0.717, 1.165) is 16.5 Å². The SMILES string of the molecule is O=C1c2ccccc2OC(c2ccccc2)C12N=NCC2c1ccc2ccccc2c1. The van der Waals surface area contributed by atoms with E-state index in [2.05, 4.69) is 40.6 Å². The van der Waals surface area contributed by atoms with Crippen molar-refractivity contribution in [2.24, 2.45) is 10.2 Å². The molecule has 0 fully saturated rings. The second kappa shape index (κ2) is 6.88. The van der Waals surface area contributed by atoms with Crippen LogP contribution in [0.5, 0.6) is 5.75 Å². The topological polar surface area (TPSA) is 51.0 Å². The van der Waals surface area contributed by atoms with E-state index in [1.807, 2.05) is 66.7 Å². The molecule has 2 aliphatic heterocycles. The average Bonchev–Trinajstić information content (AvgIpc) is 3.27. The van der Waals surface area contributed by atoms with Gasteiger partial charge in [0.2, 0.25) is 5.78 Å². The van der Waals surface area contributed by atoms with Gasteiger partial charge in [-0.1, -0.05) is 84.9 Å². The van der Waals surface area contributed by atoms with Gasteiger partial charge in [-0.15, -0.1) is 0 Å². The molecule has 0 radical (unpaired) electrons. The van der Waals surface area contributed by atoms with Crippen molar-refractivity contribution < 1.29 is 9.53 Å². The first kappa shape index (κ1) is 18.0. The summed E-state index contributed by atoms with van der Waals surface area (Å²) in [5.41, 5.74) is 1.43. The van der Waals surface area contributed by atoms with Crippen molar-refractivity contribution in [3.8, 4) is 5.75 Å². The first-order valence-corrected chi connectivity index (χ1v) is 10.5. The molecule has 0 N–H and O–H groups in total. The van der Waals surface area contributed by atoms with Crippen LogP contribution >= 0.6 is 0 Å². The second-order valence-electron chi connectivity index (χ2n) is 8.14. The van der Waals surface area contributed by atoms with Crippen LogP contribution in [0.15, 0.2) is 107 Å². The van der Waals surface area contributed by atoms with E-state index in [0.29, 0.717) is 17.9 Å². The minimum atomic E-state index is -1.13. The third-order valence-electron chi connectivity index (χ3n) is 6.45. The number of nitrogens with zero attached hydrogens (tertiary/aromatic N) is 2. The normalized spacial score (nSPS) is 24.3. The number of carbonyl (C=O) groups is 1. The number of para-hydroxylation sites is 1. The molecule has 2 aliphatic rings. The van der Waals surface area contributed by atoms with Crippen LogP contribution < -0.4 is 4.74 Å². The molecule has 3 atom stereocenters. The number of carbonyl (C=O) groups excluding carboxylic acids is 1. The molecule has 31 heavy (non-hydrogen) atoms. The molecule has 4 nitrogen and oxygen atoms in total. The smallest absolute Gasteiger partial charge is 0.200 e. The van der Waals surface area contributed by atoms with Crippen molar-refractivity contribution in [1.29, 1.82) is 0 Å². The number of fused-ring (bicyclic) bond motifs is 2. The largest absolute Gasteiger partial charge is 0.482 e. The van der Waals surface area contributed by atoms with E-state index in [4.69, 9.17) is 4.74 Å². The van der Waals surface area contributed by atoms with Crippen LogP contribution in [0.3, 0.4) is 0 Å². The standard InChI is InChI=1S/C27H20N2O2/c30-25-22-12-6-7-13-24(22)31-26(19-9-2-1-3-10-19)27(25)23(17-28-29-27)21-15-14-18-8-4-5-11-20(18)16-21/h1-16,23,26H,17H2. The zero-order chi connectivity index (χ0) is 20.8. The third-order valence-corrected chi connectivity index (χ3v) is 6.45. The Hall–Kier alpha value is -3.79. The van der Waals surface area contributed by atoms with Gasteiger partial charge in [0.1, 0.15) is 5.75 Å². The van der Waals surface area contributed by atoms with Gasteiger partial charge in [0.05, 0.1) is 12.1 Å². The van der Waals surface area contributed by atoms with Crippen LogP contribution in [0.25, 0.3) is 10.8 Å². The quantitative estimate of drug-likeness (QED) is 0.403. The predicted octanol–water partition coefficient (Wildman–Crippen LogP) is 6.14. The average molecular weight is 404 g/mol. The minimum absolute atomic E-state index is 0.0254. The Morgan fingerprint density at radius 1 is 0.774 bits per heavy atom. The highest BCUT2D eigenvalue weighted by atomic mass is 16.5. The lowest BCUT2D eigenvalue weighted by molar-refractivity contribution is 0.0522. The molecular weight excluding hydrogens is 384 g/mol. The zero-order valence-corrected chi connectivity index (χ0v) is 16.8. The Morgan fingerprint density at radius 2 is 1.52 bits per heavy atom. The molecule has 3 unspecified atom stereocenters. The van der Waals surface area contributed by atoms with E-state index >= 15 is 0 Å². The molecule has 6 rings (SSSR count). The molecule has 0 aromatic heterocycles. The third kappa shape index (κ3) is 2.65. The van der Waals surface area contributed by atoms with E-state index in [-0.39, 0.29) is 11.7 Å². The summed E-state index contributed by atoms with van der Waals surface area (Å²) in [6.07, 6.45) is -0.543. The number of rotatable bonds is 2. The fourth-order valence-corrected chi connectivity index (χ4v) is 4.93. The maximum atomic E-state index is 14.0. The van der Waals surface area contributed by atoms with Crippen molar-refractivity contribution >= 4 is 16.6 Å². The van der Waals surface area contributed by atoms with Gasteiger partial charge in [-0.25, -0.2) is 0 Å². The molecule has 4 heteroatoms. The molecule has 4 aromatic rings. The fourth-order valence-electron chi connectivity index (χ4n) is 4.93. The lowest BCUT2D eigenvalue weighted by Gasteiger charge is -2.41. The zero-order valence-electron chi connectivity index (χ0n) is 16.8. The molecule has 0 aliphatic carbocycles. The number of hydrogen-bond donors (Lipinski definition) is 0. The second-order valence-corrected chi connectivity index (χ2v) is 8.14. The highest BCUT2D eigenvalue weighted by Gasteiger charge is 2.60. The first-order valence-electron chi connectivity index (χ1n) is 10.5. The molecule has 4 aromatic carbocycles. The Balaban J connectivity index is 1.56. The summed E-state index contributed by atoms with van der Waals surface area (Å²) < 4.78 is 6.49. The van der Waals surface area contributed by atoms with Crippen molar-refractivity contribution in [3.05, 3.63) is 114 Å².